The highest BCUT2D eigenvalue weighted by atomic mass is 19.3. The van der Waals surface area contributed by atoms with Crippen molar-refractivity contribution in [3.8, 4) is 0 Å². The van der Waals surface area contributed by atoms with Gasteiger partial charge in [-0.3, -0.25) is 0 Å². The molecular weight excluding hydrogens is 210 g/mol. The van der Waals surface area contributed by atoms with Crippen LogP contribution in [0.5, 0.6) is 0 Å². The van der Waals surface area contributed by atoms with E-state index in [-0.39, 0.29) is 11.5 Å². The lowest BCUT2D eigenvalue weighted by atomic mass is 10.0. The van der Waals surface area contributed by atoms with Crippen LogP contribution in [0.1, 0.15) is 40.5 Å². The first kappa shape index (κ1) is 13.6. The van der Waals surface area contributed by atoms with Crippen molar-refractivity contribution in [2.75, 3.05) is 6.61 Å². The molecule has 0 spiro atoms. The third-order valence-corrected chi connectivity index (χ3v) is 3.03. The Kier molecular flexibility index (Phi) is 4.11. The minimum Gasteiger partial charge on any atom is -0.378 e. The lowest BCUT2D eigenvalue weighted by Gasteiger charge is -2.18. The van der Waals surface area contributed by atoms with Crippen LogP contribution < -0.4 is 0 Å². The predicted octanol–water partition coefficient (Wildman–Crippen LogP) is 4.04. The van der Waals surface area contributed by atoms with Crippen LogP contribution in [-0.4, -0.2) is 18.6 Å². The summed E-state index contributed by atoms with van der Waals surface area (Å²) < 4.78 is 32.3. The van der Waals surface area contributed by atoms with Gasteiger partial charge in [-0.05, 0) is 32.8 Å². The summed E-state index contributed by atoms with van der Waals surface area (Å²) in [5.41, 5.74) is -0.109. The molecule has 0 saturated heterocycles. The number of ether oxygens (including phenoxy) is 1. The summed E-state index contributed by atoms with van der Waals surface area (Å²) in [4.78, 5) is 0. The molecule has 0 aromatic carbocycles. The summed E-state index contributed by atoms with van der Waals surface area (Å²) in [6.45, 7) is 7.56. The van der Waals surface area contributed by atoms with Gasteiger partial charge in [0.15, 0.2) is 0 Å². The maximum absolute atomic E-state index is 13.4. The fourth-order valence-corrected chi connectivity index (χ4v) is 1.33. The molecule has 1 fully saturated rings. The van der Waals surface area contributed by atoms with Crippen LogP contribution in [0.3, 0.4) is 0 Å². The third kappa shape index (κ3) is 3.85. The molecule has 1 aliphatic rings. The average Bonchev–Trinajstić information content (AvgIpc) is 2.93. The molecule has 0 aromatic heterocycles. The smallest absolute Gasteiger partial charge is 0.268 e. The molecule has 0 N–H and O–H groups in total. The second-order valence-corrected chi connectivity index (χ2v) is 5.38. The Morgan fingerprint density at radius 2 is 1.81 bits per heavy atom. The van der Waals surface area contributed by atoms with Crippen LogP contribution in [0.4, 0.5) is 8.78 Å². The summed E-state index contributed by atoms with van der Waals surface area (Å²) in [5.74, 6) is -3.35. The summed E-state index contributed by atoms with van der Waals surface area (Å²) in [5, 5.41) is 0. The topological polar surface area (TPSA) is 9.23 Å². The molecule has 0 aromatic rings. The van der Waals surface area contributed by atoms with Crippen molar-refractivity contribution in [3.05, 3.63) is 12.2 Å². The van der Waals surface area contributed by atoms with Crippen LogP contribution in [0, 0.1) is 11.3 Å². The number of rotatable bonds is 6. The first-order valence-electron chi connectivity index (χ1n) is 5.97. The molecule has 16 heavy (non-hydrogen) atoms. The Hall–Kier alpha value is -0.440. The summed E-state index contributed by atoms with van der Waals surface area (Å²) in [6, 6.07) is 0. The average molecular weight is 232 g/mol. The first-order valence-corrected chi connectivity index (χ1v) is 5.97. The number of hydrogen-bond donors (Lipinski definition) is 0. The Morgan fingerprint density at radius 3 is 2.19 bits per heavy atom. The highest BCUT2D eigenvalue weighted by molar-refractivity contribution is 5.13. The number of halogens is 2. The van der Waals surface area contributed by atoms with Crippen molar-refractivity contribution in [1.82, 2.24) is 0 Å². The second-order valence-electron chi connectivity index (χ2n) is 5.38. The van der Waals surface area contributed by atoms with Gasteiger partial charge in [-0.25, -0.2) is 8.78 Å². The minimum atomic E-state index is -2.70. The van der Waals surface area contributed by atoms with E-state index in [0.29, 0.717) is 6.61 Å². The van der Waals surface area contributed by atoms with E-state index >= 15 is 0 Å². The zero-order valence-corrected chi connectivity index (χ0v) is 10.6. The number of alkyl halides is 2. The maximum atomic E-state index is 13.4. The number of allylic oxidation sites excluding steroid dienone is 1. The van der Waals surface area contributed by atoms with Gasteiger partial charge < -0.3 is 4.74 Å². The zero-order valence-electron chi connectivity index (χ0n) is 10.6. The van der Waals surface area contributed by atoms with Gasteiger partial charge in [0.1, 0.15) is 0 Å². The molecule has 3 heteroatoms. The Morgan fingerprint density at radius 1 is 1.25 bits per heavy atom. The van der Waals surface area contributed by atoms with Crippen LogP contribution in [-0.2, 0) is 4.74 Å². The Balaban J connectivity index is 2.50. The molecule has 0 unspecified atom stereocenters. The van der Waals surface area contributed by atoms with Crippen molar-refractivity contribution in [2.24, 2.45) is 11.3 Å². The quantitative estimate of drug-likeness (QED) is 0.628. The van der Waals surface area contributed by atoms with Crippen LogP contribution >= 0.6 is 0 Å². The number of hydrogen-bond acceptors (Lipinski definition) is 1. The molecule has 0 amide bonds. The molecule has 1 aliphatic carbocycles. The van der Waals surface area contributed by atoms with E-state index in [9.17, 15) is 8.78 Å². The van der Waals surface area contributed by atoms with Crippen LogP contribution in [0.25, 0.3) is 0 Å². The molecule has 0 heterocycles. The van der Waals surface area contributed by atoms with E-state index < -0.39 is 11.8 Å². The van der Waals surface area contributed by atoms with E-state index in [4.69, 9.17) is 4.74 Å². The highest BCUT2D eigenvalue weighted by Crippen LogP contribution is 2.48. The highest BCUT2D eigenvalue weighted by Gasteiger charge is 2.42. The standard InChI is InChI=1S/C13H22F2O/c1-10(2)13(14,15)8-7-12(5-6-12)9-16-11(3)4/h7-8,10-11H,5-6,9H2,1-4H3/b8-7+. The molecule has 0 radical (unpaired) electrons. The fourth-order valence-electron chi connectivity index (χ4n) is 1.33. The van der Waals surface area contributed by atoms with Gasteiger partial charge in [0.25, 0.3) is 5.92 Å². The summed E-state index contributed by atoms with van der Waals surface area (Å²) in [6.07, 6.45) is 4.81. The van der Waals surface area contributed by atoms with Gasteiger partial charge in [-0.2, -0.15) is 0 Å². The summed E-state index contributed by atoms with van der Waals surface area (Å²) in [7, 11) is 0. The predicted molar refractivity (Wildman–Crippen MR) is 61.7 cm³/mol. The van der Waals surface area contributed by atoms with E-state index in [1.807, 2.05) is 13.8 Å². The van der Waals surface area contributed by atoms with Crippen molar-refractivity contribution in [1.29, 1.82) is 0 Å². The van der Waals surface area contributed by atoms with Crippen LogP contribution in [0.2, 0.25) is 0 Å². The van der Waals surface area contributed by atoms with E-state index in [1.54, 1.807) is 6.08 Å². The Labute approximate surface area is 96.9 Å². The van der Waals surface area contributed by atoms with Gasteiger partial charge in [0.05, 0.1) is 12.7 Å². The molecule has 1 rings (SSSR count). The molecule has 0 bridgehead atoms. The van der Waals surface area contributed by atoms with Gasteiger partial charge in [-0.1, -0.05) is 19.9 Å². The molecule has 0 atom stereocenters. The fraction of sp³-hybridized carbons (Fsp3) is 0.846. The molecule has 0 aliphatic heterocycles. The monoisotopic (exact) mass is 232 g/mol. The van der Waals surface area contributed by atoms with Gasteiger partial charge in [0, 0.05) is 11.3 Å². The lowest BCUT2D eigenvalue weighted by molar-refractivity contribution is 0.00464. The third-order valence-electron chi connectivity index (χ3n) is 3.03. The van der Waals surface area contributed by atoms with Gasteiger partial charge in [0.2, 0.25) is 0 Å². The second kappa shape index (κ2) is 4.82. The first-order chi connectivity index (χ1) is 7.27. The Bertz CT molecular complexity index is 253. The maximum Gasteiger partial charge on any atom is 0.268 e. The van der Waals surface area contributed by atoms with Crippen molar-refractivity contribution >= 4 is 0 Å². The minimum absolute atomic E-state index is 0.109. The van der Waals surface area contributed by atoms with Crippen LogP contribution in [0.15, 0.2) is 12.2 Å². The molecular formula is C13H22F2O. The SMILES string of the molecule is CC(C)OCC1(/C=C/C(F)(F)C(C)C)CC1. The molecule has 94 valence electrons. The lowest BCUT2D eigenvalue weighted by Crippen LogP contribution is -2.21. The van der Waals surface area contributed by atoms with E-state index in [2.05, 4.69) is 0 Å². The molecule has 1 nitrogen and oxygen atoms in total. The van der Waals surface area contributed by atoms with Gasteiger partial charge in [-0.15, -0.1) is 0 Å². The molecule has 1 saturated carbocycles. The largest absolute Gasteiger partial charge is 0.378 e. The normalized spacial score (nSPS) is 20.0. The van der Waals surface area contributed by atoms with Crippen molar-refractivity contribution < 1.29 is 13.5 Å². The van der Waals surface area contributed by atoms with Crippen molar-refractivity contribution in [2.45, 2.75) is 52.6 Å². The van der Waals surface area contributed by atoms with E-state index in [0.717, 1.165) is 18.9 Å². The zero-order chi connectivity index (χ0) is 12.4. The van der Waals surface area contributed by atoms with E-state index in [1.165, 1.54) is 13.8 Å². The van der Waals surface area contributed by atoms with Crippen molar-refractivity contribution in [3.63, 3.8) is 0 Å². The summed E-state index contributed by atoms with van der Waals surface area (Å²) >= 11 is 0. The van der Waals surface area contributed by atoms with Gasteiger partial charge >= 0.3 is 0 Å².